The van der Waals surface area contributed by atoms with E-state index in [1.165, 1.54) is 11.6 Å². The average Bonchev–Trinajstić information content (AvgIpc) is 2.45. The van der Waals surface area contributed by atoms with E-state index in [1.54, 1.807) is 12.1 Å². The highest BCUT2D eigenvalue weighted by atomic mass is 16.4. The lowest BCUT2D eigenvalue weighted by Gasteiger charge is -2.19. The Morgan fingerprint density at radius 1 is 1.00 bits per heavy atom. The Labute approximate surface area is 130 Å². The zero-order chi connectivity index (χ0) is 16.3. The molecule has 2 N–H and O–H groups in total. The summed E-state index contributed by atoms with van der Waals surface area (Å²) in [5, 5.41) is 18.5. The minimum Gasteiger partial charge on any atom is -0.507 e. The third kappa shape index (κ3) is 3.76. The molecule has 0 aliphatic heterocycles. The van der Waals surface area contributed by atoms with Gasteiger partial charge in [0.1, 0.15) is 5.75 Å². The summed E-state index contributed by atoms with van der Waals surface area (Å²) in [5.41, 5.74) is 3.80. The molecule has 0 radical (unpaired) electrons. The van der Waals surface area contributed by atoms with Crippen LogP contribution in [-0.2, 0) is 10.2 Å². The Morgan fingerprint density at radius 2 is 1.59 bits per heavy atom. The third-order valence-electron chi connectivity index (χ3n) is 3.52. The maximum Gasteiger partial charge on any atom is 0.328 e. The molecular formula is C19H20O3. The maximum absolute atomic E-state index is 10.6. The second kappa shape index (κ2) is 6.06. The van der Waals surface area contributed by atoms with Crippen molar-refractivity contribution < 1.29 is 15.0 Å². The molecular weight excluding hydrogens is 276 g/mol. The molecule has 0 saturated carbocycles. The topological polar surface area (TPSA) is 57.5 Å². The largest absolute Gasteiger partial charge is 0.507 e. The molecule has 0 atom stereocenters. The quantitative estimate of drug-likeness (QED) is 0.822. The van der Waals surface area contributed by atoms with Crippen LogP contribution in [0.4, 0.5) is 0 Å². The first kappa shape index (κ1) is 15.8. The Bertz CT molecular complexity index is 704. The van der Waals surface area contributed by atoms with Gasteiger partial charge in [0, 0.05) is 11.6 Å². The number of carbonyl (C=O) groups is 1. The maximum atomic E-state index is 10.6. The third-order valence-corrected chi connectivity index (χ3v) is 3.52. The van der Waals surface area contributed by atoms with E-state index in [9.17, 15) is 9.90 Å². The number of hydrogen-bond acceptors (Lipinski definition) is 2. The van der Waals surface area contributed by atoms with Crippen LogP contribution in [-0.4, -0.2) is 16.2 Å². The van der Waals surface area contributed by atoms with E-state index in [4.69, 9.17) is 5.11 Å². The summed E-state index contributed by atoms with van der Waals surface area (Å²) in [4.78, 5) is 10.6. The van der Waals surface area contributed by atoms with Crippen molar-refractivity contribution in [1.29, 1.82) is 0 Å². The fraction of sp³-hybridized carbons (Fsp3) is 0.211. The molecule has 0 aliphatic carbocycles. The minimum absolute atomic E-state index is 0.0626. The molecule has 0 heterocycles. The summed E-state index contributed by atoms with van der Waals surface area (Å²) in [6.45, 7) is 6.49. The summed E-state index contributed by atoms with van der Waals surface area (Å²) < 4.78 is 0. The number of aromatic hydroxyl groups is 1. The minimum atomic E-state index is -1.04. The second-order valence-electron chi connectivity index (χ2n) is 6.27. The molecule has 0 bridgehead atoms. The summed E-state index contributed by atoms with van der Waals surface area (Å²) in [6.07, 6.45) is 2.41. The van der Waals surface area contributed by atoms with Crippen molar-refractivity contribution in [2.24, 2.45) is 0 Å². The summed E-state index contributed by atoms with van der Waals surface area (Å²) in [6, 6.07) is 13.4. The summed E-state index contributed by atoms with van der Waals surface area (Å²) in [5.74, 6) is -0.980. The molecule has 22 heavy (non-hydrogen) atoms. The molecule has 2 aromatic carbocycles. The van der Waals surface area contributed by atoms with Crippen LogP contribution in [0.1, 0.15) is 31.9 Å². The molecule has 114 valence electrons. The van der Waals surface area contributed by atoms with Crippen LogP contribution in [0.3, 0.4) is 0 Å². The second-order valence-corrected chi connectivity index (χ2v) is 6.27. The van der Waals surface area contributed by atoms with Crippen LogP contribution in [0.25, 0.3) is 17.2 Å². The predicted octanol–water partition coefficient (Wildman–Crippen LogP) is 4.45. The van der Waals surface area contributed by atoms with Crippen molar-refractivity contribution in [3.8, 4) is 16.9 Å². The lowest BCUT2D eigenvalue weighted by Crippen LogP contribution is -2.10. The highest BCUT2D eigenvalue weighted by molar-refractivity contribution is 5.86. The van der Waals surface area contributed by atoms with Gasteiger partial charge in [-0.1, -0.05) is 51.1 Å². The molecule has 0 aliphatic rings. The lowest BCUT2D eigenvalue weighted by molar-refractivity contribution is -0.131. The zero-order valence-electron chi connectivity index (χ0n) is 13.0. The van der Waals surface area contributed by atoms with Crippen LogP contribution >= 0.6 is 0 Å². The van der Waals surface area contributed by atoms with Gasteiger partial charge in [0.15, 0.2) is 0 Å². The number of carboxylic acid groups (broad SMARTS) is 1. The van der Waals surface area contributed by atoms with Crippen LogP contribution < -0.4 is 0 Å². The van der Waals surface area contributed by atoms with Gasteiger partial charge in [-0.15, -0.1) is 0 Å². The number of carboxylic acids is 1. The van der Waals surface area contributed by atoms with Crippen molar-refractivity contribution in [2.45, 2.75) is 26.2 Å². The van der Waals surface area contributed by atoms with E-state index in [-0.39, 0.29) is 11.2 Å². The summed E-state index contributed by atoms with van der Waals surface area (Å²) in [7, 11) is 0. The molecule has 3 nitrogen and oxygen atoms in total. The van der Waals surface area contributed by atoms with Crippen LogP contribution in [0, 0.1) is 0 Å². The van der Waals surface area contributed by atoms with E-state index in [0.29, 0.717) is 5.56 Å². The monoisotopic (exact) mass is 296 g/mol. The van der Waals surface area contributed by atoms with Gasteiger partial charge in [-0.2, -0.15) is 0 Å². The Balaban J connectivity index is 2.37. The first-order chi connectivity index (χ1) is 10.3. The number of phenolic OH excluding ortho intramolecular Hbond substituents is 1. The predicted molar refractivity (Wildman–Crippen MR) is 88.9 cm³/mol. The molecule has 2 rings (SSSR count). The highest BCUT2D eigenvalue weighted by Crippen LogP contribution is 2.29. The highest BCUT2D eigenvalue weighted by Gasteiger charge is 2.13. The number of benzene rings is 2. The molecule has 3 heteroatoms. The summed E-state index contributed by atoms with van der Waals surface area (Å²) >= 11 is 0. The molecule has 0 fully saturated rings. The Kier molecular flexibility index (Phi) is 4.36. The van der Waals surface area contributed by atoms with E-state index in [2.05, 4.69) is 32.9 Å². The SMILES string of the molecule is CC(C)(C)c1ccc(-c2ccc(O)c(C=CC(=O)O)c2)cc1. The van der Waals surface area contributed by atoms with Gasteiger partial charge >= 0.3 is 5.97 Å². The van der Waals surface area contributed by atoms with Crippen molar-refractivity contribution >= 4 is 12.0 Å². The van der Waals surface area contributed by atoms with Gasteiger partial charge < -0.3 is 10.2 Å². The van der Waals surface area contributed by atoms with E-state index < -0.39 is 5.97 Å². The van der Waals surface area contributed by atoms with Gasteiger partial charge in [0.05, 0.1) is 0 Å². The molecule has 0 spiro atoms. The number of aliphatic carboxylic acids is 1. The van der Waals surface area contributed by atoms with Crippen LogP contribution in [0.2, 0.25) is 0 Å². The van der Waals surface area contributed by atoms with Crippen molar-refractivity contribution in [3.05, 3.63) is 59.7 Å². The smallest absolute Gasteiger partial charge is 0.328 e. The lowest BCUT2D eigenvalue weighted by atomic mass is 9.86. The zero-order valence-corrected chi connectivity index (χ0v) is 13.0. The van der Waals surface area contributed by atoms with Gasteiger partial charge in [0.2, 0.25) is 0 Å². The fourth-order valence-electron chi connectivity index (χ4n) is 2.19. The number of phenols is 1. The average molecular weight is 296 g/mol. The van der Waals surface area contributed by atoms with Crippen LogP contribution in [0.5, 0.6) is 5.75 Å². The normalized spacial score (nSPS) is 11.8. The van der Waals surface area contributed by atoms with Crippen molar-refractivity contribution in [1.82, 2.24) is 0 Å². The molecule has 0 unspecified atom stereocenters. The van der Waals surface area contributed by atoms with Gasteiger partial charge in [0.25, 0.3) is 0 Å². The first-order valence-electron chi connectivity index (χ1n) is 7.12. The van der Waals surface area contributed by atoms with E-state index >= 15 is 0 Å². The van der Waals surface area contributed by atoms with Gasteiger partial charge in [-0.25, -0.2) is 4.79 Å². The number of hydrogen-bond donors (Lipinski definition) is 2. The molecule has 0 aromatic heterocycles. The van der Waals surface area contributed by atoms with Gasteiger partial charge in [-0.05, 0) is 40.3 Å². The Morgan fingerprint density at radius 3 is 2.14 bits per heavy atom. The molecule has 2 aromatic rings. The first-order valence-corrected chi connectivity index (χ1v) is 7.12. The standard InChI is InChI=1S/C19H20O3/c1-19(2,3)16-8-4-13(5-9-16)14-6-10-17(20)15(12-14)7-11-18(21)22/h4-12,20H,1-3H3,(H,21,22). The fourth-order valence-corrected chi connectivity index (χ4v) is 2.19. The van der Waals surface area contributed by atoms with E-state index in [1.807, 2.05) is 18.2 Å². The molecule has 0 amide bonds. The molecule has 0 saturated heterocycles. The number of rotatable bonds is 3. The van der Waals surface area contributed by atoms with E-state index in [0.717, 1.165) is 17.2 Å². The Hall–Kier alpha value is -2.55. The van der Waals surface area contributed by atoms with Gasteiger partial charge in [-0.3, -0.25) is 0 Å². The van der Waals surface area contributed by atoms with Crippen molar-refractivity contribution in [3.63, 3.8) is 0 Å². The van der Waals surface area contributed by atoms with Crippen molar-refractivity contribution in [2.75, 3.05) is 0 Å². The van der Waals surface area contributed by atoms with Crippen LogP contribution in [0.15, 0.2) is 48.5 Å².